The molecular formula is C16H21FN2O4. The predicted octanol–water partition coefficient (Wildman–Crippen LogP) is 0.877. The number of nitrogens with one attached hydrogen (secondary N) is 1. The quantitative estimate of drug-likeness (QED) is 0.814. The van der Waals surface area contributed by atoms with Crippen molar-refractivity contribution >= 4 is 11.9 Å². The van der Waals surface area contributed by atoms with Gasteiger partial charge in [-0.3, -0.25) is 14.5 Å². The SMILES string of the molecule is COC(=O)CNC(=O)[C@@H](C)N1CCO[C@@H](c2ccc(F)cc2)C1. The highest BCUT2D eigenvalue weighted by molar-refractivity contribution is 5.85. The lowest BCUT2D eigenvalue weighted by Crippen LogP contribution is -2.51. The highest BCUT2D eigenvalue weighted by Gasteiger charge is 2.28. The van der Waals surface area contributed by atoms with Crippen molar-refractivity contribution < 1.29 is 23.5 Å². The third-order valence-electron chi connectivity index (χ3n) is 3.90. The molecule has 1 fully saturated rings. The summed E-state index contributed by atoms with van der Waals surface area (Å²) in [5.41, 5.74) is 0.873. The number of hydrogen-bond acceptors (Lipinski definition) is 5. The van der Waals surface area contributed by atoms with Crippen molar-refractivity contribution in [2.75, 3.05) is 33.4 Å². The Kier molecular flexibility index (Phi) is 6.06. The van der Waals surface area contributed by atoms with E-state index >= 15 is 0 Å². The number of methoxy groups -OCH3 is 1. The highest BCUT2D eigenvalue weighted by atomic mass is 19.1. The van der Waals surface area contributed by atoms with Crippen LogP contribution in [0.4, 0.5) is 4.39 Å². The molecule has 0 saturated carbocycles. The Bertz CT molecular complexity index is 550. The fraction of sp³-hybridized carbons (Fsp3) is 0.500. The third-order valence-corrected chi connectivity index (χ3v) is 3.90. The fourth-order valence-electron chi connectivity index (χ4n) is 2.45. The van der Waals surface area contributed by atoms with Gasteiger partial charge in [-0.25, -0.2) is 4.39 Å². The van der Waals surface area contributed by atoms with Crippen LogP contribution in [-0.4, -0.2) is 56.2 Å². The normalized spacial score (nSPS) is 19.9. The van der Waals surface area contributed by atoms with Crippen molar-refractivity contribution in [2.45, 2.75) is 19.1 Å². The summed E-state index contributed by atoms with van der Waals surface area (Å²) < 4.78 is 23.2. The summed E-state index contributed by atoms with van der Waals surface area (Å²) in [6, 6.07) is 5.76. The van der Waals surface area contributed by atoms with Crippen molar-refractivity contribution in [2.24, 2.45) is 0 Å². The number of amides is 1. The first-order chi connectivity index (χ1) is 11.0. The molecule has 1 aromatic carbocycles. The molecule has 2 rings (SSSR count). The van der Waals surface area contributed by atoms with Crippen molar-refractivity contribution in [3.05, 3.63) is 35.6 Å². The number of esters is 1. The zero-order chi connectivity index (χ0) is 16.8. The molecular weight excluding hydrogens is 303 g/mol. The second-order valence-corrected chi connectivity index (χ2v) is 5.38. The maximum absolute atomic E-state index is 13.0. The van der Waals surface area contributed by atoms with E-state index in [0.29, 0.717) is 19.7 Å². The van der Waals surface area contributed by atoms with Crippen LogP contribution in [0, 0.1) is 5.82 Å². The van der Waals surface area contributed by atoms with E-state index in [-0.39, 0.29) is 24.4 Å². The lowest BCUT2D eigenvalue weighted by atomic mass is 10.1. The first kappa shape index (κ1) is 17.4. The molecule has 0 aromatic heterocycles. The molecule has 0 spiro atoms. The van der Waals surface area contributed by atoms with E-state index in [0.717, 1.165) is 5.56 Å². The van der Waals surface area contributed by atoms with Crippen LogP contribution in [0.1, 0.15) is 18.6 Å². The Morgan fingerprint density at radius 3 is 2.78 bits per heavy atom. The van der Waals surface area contributed by atoms with E-state index in [1.807, 2.05) is 4.90 Å². The van der Waals surface area contributed by atoms with Gasteiger partial charge in [0, 0.05) is 13.1 Å². The van der Waals surface area contributed by atoms with Crippen LogP contribution in [-0.2, 0) is 19.1 Å². The molecule has 0 radical (unpaired) electrons. The van der Waals surface area contributed by atoms with Crippen molar-refractivity contribution in [3.63, 3.8) is 0 Å². The molecule has 0 bridgehead atoms. The standard InChI is InChI=1S/C16H21FN2O4/c1-11(16(21)18-9-15(20)22-2)19-7-8-23-14(10-19)12-3-5-13(17)6-4-12/h3-6,11,14H,7-10H2,1-2H3,(H,18,21)/t11-,14-/m1/s1. The molecule has 1 saturated heterocycles. The smallest absolute Gasteiger partial charge is 0.325 e. The lowest BCUT2D eigenvalue weighted by molar-refractivity contribution is -0.142. The van der Waals surface area contributed by atoms with Gasteiger partial charge in [-0.1, -0.05) is 12.1 Å². The van der Waals surface area contributed by atoms with E-state index in [2.05, 4.69) is 10.1 Å². The van der Waals surface area contributed by atoms with Crippen LogP contribution in [0.2, 0.25) is 0 Å². The van der Waals surface area contributed by atoms with E-state index < -0.39 is 12.0 Å². The van der Waals surface area contributed by atoms with Gasteiger partial charge in [0.2, 0.25) is 5.91 Å². The van der Waals surface area contributed by atoms with Crippen LogP contribution >= 0.6 is 0 Å². The summed E-state index contributed by atoms with van der Waals surface area (Å²) in [5.74, 6) is -1.02. The van der Waals surface area contributed by atoms with Gasteiger partial charge in [0.05, 0.1) is 25.9 Å². The van der Waals surface area contributed by atoms with E-state index in [1.165, 1.54) is 19.2 Å². The summed E-state index contributed by atoms with van der Waals surface area (Å²) in [5, 5.41) is 2.55. The number of benzene rings is 1. The number of carbonyl (C=O) groups excluding carboxylic acids is 2. The molecule has 7 heteroatoms. The molecule has 0 unspecified atom stereocenters. The Balaban J connectivity index is 1.93. The van der Waals surface area contributed by atoms with E-state index in [4.69, 9.17) is 4.74 Å². The third kappa shape index (κ3) is 4.74. The van der Waals surface area contributed by atoms with Gasteiger partial charge in [-0.15, -0.1) is 0 Å². The monoisotopic (exact) mass is 324 g/mol. The molecule has 1 aliphatic heterocycles. The zero-order valence-corrected chi connectivity index (χ0v) is 13.3. The number of nitrogens with zero attached hydrogens (tertiary/aromatic N) is 1. The topological polar surface area (TPSA) is 67.9 Å². The molecule has 23 heavy (non-hydrogen) atoms. The van der Waals surface area contributed by atoms with Crippen molar-refractivity contribution in [1.29, 1.82) is 0 Å². The van der Waals surface area contributed by atoms with Gasteiger partial charge in [-0.05, 0) is 24.6 Å². The van der Waals surface area contributed by atoms with Crippen molar-refractivity contribution in [1.82, 2.24) is 10.2 Å². The number of morpholine rings is 1. The van der Waals surface area contributed by atoms with Crippen LogP contribution < -0.4 is 5.32 Å². The number of hydrogen-bond donors (Lipinski definition) is 1. The first-order valence-corrected chi connectivity index (χ1v) is 7.47. The van der Waals surface area contributed by atoms with Crippen LogP contribution in [0.15, 0.2) is 24.3 Å². The molecule has 126 valence electrons. The molecule has 1 amide bonds. The number of ether oxygens (including phenoxy) is 2. The summed E-state index contributed by atoms with van der Waals surface area (Å²) in [7, 11) is 1.27. The minimum absolute atomic E-state index is 0.147. The average molecular weight is 324 g/mol. The highest BCUT2D eigenvalue weighted by Crippen LogP contribution is 2.23. The first-order valence-electron chi connectivity index (χ1n) is 7.47. The molecule has 1 aromatic rings. The fourth-order valence-corrected chi connectivity index (χ4v) is 2.45. The maximum Gasteiger partial charge on any atom is 0.325 e. The second-order valence-electron chi connectivity index (χ2n) is 5.38. The lowest BCUT2D eigenvalue weighted by Gasteiger charge is -2.36. The Morgan fingerprint density at radius 1 is 1.43 bits per heavy atom. The number of carbonyl (C=O) groups is 2. The summed E-state index contributed by atoms with van der Waals surface area (Å²) in [6.07, 6.45) is -0.208. The van der Waals surface area contributed by atoms with Crippen LogP contribution in [0.5, 0.6) is 0 Å². The number of rotatable bonds is 5. The van der Waals surface area contributed by atoms with E-state index in [9.17, 15) is 14.0 Å². The second kappa shape index (κ2) is 8.03. The Morgan fingerprint density at radius 2 is 2.13 bits per heavy atom. The molecule has 6 nitrogen and oxygen atoms in total. The Hall–Kier alpha value is -1.99. The van der Waals surface area contributed by atoms with Crippen molar-refractivity contribution in [3.8, 4) is 0 Å². The minimum Gasteiger partial charge on any atom is -0.468 e. The van der Waals surface area contributed by atoms with Crippen LogP contribution in [0.3, 0.4) is 0 Å². The molecule has 0 aliphatic carbocycles. The summed E-state index contributed by atoms with van der Waals surface area (Å²) >= 11 is 0. The van der Waals surface area contributed by atoms with Gasteiger partial charge in [0.15, 0.2) is 0 Å². The van der Waals surface area contributed by atoms with Gasteiger partial charge in [0.1, 0.15) is 12.4 Å². The Labute approximate surface area is 134 Å². The van der Waals surface area contributed by atoms with Gasteiger partial charge < -0.3 is 14.8 Å². The number of halogens is 1. The maximum atomic E-state index is 13.0. The average Bonchev–Trinajstić information content (AvgIpc) is 2.59. The van der Waals surface area contributed by atoms with Crippen LogP contribution in [0.25, 0.3) is 0 Å². The minimum atomic E-state index is -0.489. The summed E-state index contributed by atoms with van der Waals surface area (Å²) in [6.45, 7) is 3.25. The molecule has 1 heterocycles. The van der Waals surface area contributed by atoms with Gasteiger partial charge >= 0.3 is 5.97 Å². The predicted molar refractivity (Wildman–Crippen MR) is 81.2 cm³/mol. The van der Waals surface area contributed by atoms with Gasteiger partial charge in [-0.2, -0.15) is 0 Å². The van der Waals surface area contributed by atoms with Gasteiger partial charge in [0.25, 0.3) is 0 Å². The molecule has 1 N–H and O–H groups in total. The zero-order valence-electron chi connectivity index (χ0n) is 13.3. The molecule has 1 aliphatic rings. The largest absolute Gasteiger partial charge is 0.468 e. The summed E-state index contributed by atoms with van der Waals surface area (Å²) in [4.78, 5) is 25.2. The molecule has 2 atom stereocenters. The van der Waals surface area contributed by atoms with E-state index in [1.54, 1.807) is 19.1 Å².